The minimum absolute atomic E-state index is 0.109. The molecule has 0 bridgehead atoms. The Labute approximate surface area is 171 Å². The molecule has 0 amide bonds. The van der Waals surface area contributed by atoms with Crippen LogP contribution in [-0.4, -0.2) is 15.8 Å². The monoisotopic (exact) mass is 386 g/mol. The maximum Gasteiger partial charge on any atom is 0.229 e. The first-order valence-electron chi connectivity index (χ1n) is 10.2. The first kappa shape index (κ1) is 19.1. The Morgan fingerprint density at radius 3 is 2.48 bits per heavy atom. The van der Waals surface area contributed by atoms with Gasteiger partial charge in [-0.05, 0) is 62.4 Å². The second kappa shape index (κ2) is 8.03. The second-order valence-electron chi connectivity index (χ2n) is 7.61. The van der Waals surface area contributed by atoms with E-state index in [1.54, 1.807) is 0 Å². The third-order valence-corrected chi connectivity index (χ3v) is 5.33. The van der Waals surface area contributed by atoms with E-state index in [1.807, 2.05) is 18.2 Å². The summed E-state index contributed by atoms with van der Waals surface area (Å²) in [5.41, 5.74) is 6.93. The van der Waals surface area contributed by atoms with E-state index in [9.17, 15) is 4.79 Å². The van der Waals surface area contributed by atoms with Crippen molar-refractivity contribution in [2.75, 3.05) is 10.6 Å². The van der Waals surface area contributed by atoms with E-state index >= 15 is 0 Å². The summed E-state index contributed by atoms with van der Waals surface area (Å²) in [4.78, 5) is 22.0. The van der Waals surface area contributed by atoms with Gasteiger partial charge in [0.05, 0.1) is 11.3 Å². The molecule has 29 heavy (non-hydrogen) atoms. The van der Waals surface area contributed by atoms with Gasteiger partial charge in [-0.15, -0.1) is 0 Å². The topological polar surface area (TPSA) is 66.9 Å². The van der Waals surface area contributed by atoms with Gasteiger partial charge in [0.2, 0.25) is 5.95 Å². The van der Waals surface area contributed by atoms with Gasteiger partial charge in [-0.1, -0.05) is 36.8 Å². The zero-order valence-electron chi connectivity index (χ0n) is 17.2. The van der Waals surface area contributed by atoms with Crippen molar-refractivity contribution >= 4 is 28.9 Å². The minimum Gasteiger partial charge on any atom is -0.339 e. The van der Waals surface area contributed by atoms with Crippen LogP contribution in [0.3, 0.4) is 0 Å². The van der Waals surface area contributed by atoms with Crippen molar-refractivity contribution in [2.45, 2.75) is 46.5 Å². The molecule has 0 saturated heterocycles. The zero-order chi connectivity index (χ0) is 20.4. The summed E-state index contributed by atoms with van der Waals surface area (Å²) < 4.78 is 0. The van der Waals surface area contributed by atoms with Crippen molar-refractivity contribution < 1.29 is 4.79 Å². The van der Waals surface area contributed by atoms with E-state index in [1.165, 1.54) is 11.1 Å². The van der Waals surface area contributed by atoms with Crippen LogP contribution >= 0.6 is 0 Å². The molecule has 2 N–H and O–H groups in total. The van der Waals surface area contributed by atoms with Crippen LogP contribution in [0.1, 0.15) is 52.5 Å². The van der Waals surface area contributed by atoms with E-state index in [0.717, 1.165) is 41.9 Å². The molecule has 2 aromatic carbocycles. The van der Waals surface area contributed by atoms with Crippen molar-refractivity contribution in [3.05, 3.63) is 70.4 Å². The fourth-order valence-corrected chi connectivity index (χ4v) is 3.70. The molecule has 5 nitrogen and oxygen atoms in total. The first-order valence-corrected chi connectivity index (χ1v) is 10.2. The predicted octanol–water partition coefficient (Wildman–Crippen LogP) is 5.66. The first-order chi connectivity index (χ1) is 14.0. The molecule has 1 heterocycles. The number of anilines is 4. The molecule has 0 aliphatic heterocycles. The number of aryl methyl sites for hydroxylation is 4. The molecule has 1 aliphatic carbocycles. The van der Waals surface area contributed by atoms with Crippen molar-refractivity contribution in [3.8, 4) is 0 Å². The average molecular weight is 386 g/mol. The lowest BCUT2D eigenvalue weighted by Crippen LogP contribution is -2.18. The Balaban J connectivity index is 1.71. The minimum atomic E-state index is 0.109. The van der Waals surface area contributed by atoms with Crippen LogP contribution in [0.5, 0.6) is 0 Å². The summed E-state index contributed by atoms with van der Waals surface area (Å²) in [6.07, 6.45) is 3.16. The van der Waals surface area contributed by atoms with Crippen molar-refractivity contribution in [1.29, 1.82) is 0 Å². The van der Waals surface area contributed by atoms with Gasteiger partial charge in [0.15, 0.2) is 5.78 Å². The molecule has 0 atom stereocenters. The number of fused-ring (bicyclic) bond motifs is 1. The lowest BCUT2D eigenvalue weighted by Gasteiger charge is -2.20. The number of nitrogens with one attached hydrogen (secondary N) is 2. The van der Waals surface area contributed by atoms with Crippen LogP contribution in [-0.2, 0) is 12.8 Å². The van der Waals surface area contributed by atoms with Crippen molar-refractivity contribution in [1.82, 2.24) is 9.97 Å². The molecule has 0 fully saturated rings. The highest BCUT2D eigenvalue weighted by Gasteiger charge is 2.25. The van der Waals surface area contributed by atoms with Crippen molar-refractivity contribution in [2.24, 2.45) is 0 Å². The summed E-state index contributed by atoms with van der Waals surface area (Å²) in [5.74, 6) is 1.20. The van der Waals surface area contributed by atoms with Gasteiger partial charge in [-0.2, -0.15) is 4.98 Å². The summed E-state index contributed by atoms with van der Waals surface area (Å²) in [7, 11) is 0. The van der Waals surface area contributed by atoms with Crippen molar-refractivity contribution in [3.63, 3.8) is 0 Å². The van der Waals surface area contributed by atoms with Gasteiger partial charge >= 0.3 is 0 Å². The average Bonchev–Trinajstić information content (AvgIpc) is 2.70. The fourth-order valence-electron chi connectivity index (χ4n) is 3.70. The number of hydrogen-bond acceptors (Lipinski definition) is 5. The number of Topliss-reactive ketones (excluding diaryl/α,β-unsaturated/α-hetero) is 1. The normalized spacial score (nSPS) is 13.1. The molecular weight excluding hydrogens is 360 g/mol. The van der Waals surface area contributed by atoms with E-state index in [2.05, 4.69) is 65.6 Å². The molecule has 5 heteroatoms. The Bertz CT molecular complexity index is 1060. The molecule has 1 aliphatic rings. The van der Waals surface area contributed by atoms with Gasteiger partial charge in [0.1, 0.15) is 5.82 Å². The standard InChI is InChI=1S/C24H26N4O/c1-4-17-9-11-18(12-10-17)25-24-27-20-6-5-7-21(29)22(20)23(28-24)26-19-13-8-15(2)14-16(19)3/h8-14H,4-7H2,1-3H3,(H2,25,26,27,28). The number of rotatable bonds is 5. The van der Waals surface area contributed by atoms with Crippen LogP contribution in [0.2, 0.25) is 0 Å². The summed E-state index contributed by atoms with van der Waals surface area (Å²) in [6.45, 7) is 6.26. The van der Waals surface area contributed by atoms with Gasteiger partial charge in [-0.25, -0.2) is 4.98 Å². The number of aromatic nitrogens is 2. The largest absolute Gasteiger partial charge is 0.339 e. The second-order valence-corrected chi connectivity index (χ2v) is 7.61. The predicted molar refractivity (Wildman–Crippen MR) is 118 cm³/mol. The highest BCUT2D eigenvalue weighted by Crippen LogP contribution is 2.31. The van der Waals surface area contributed by atoms with Crippen LogP contribution in [0.15, 0.2) is 42.5 Å². The Hall–Kier alpha value is -3.21. The zero-order valence-corrected chi connectivity index (χ0v) is 17.2. The van der Waals surface area contributed by atoms with Gasteiger partial charge < -0.3 is 10.6 Å². The van der Waals surface area contributed by atoms with Gasteiger partial charge in [0.25, 0.3) is 0 Å². The van der Waals surface area contributed by atoms with Crippen LogP contribution < -0.4 is 10.6 Å². The van der Waals surface area contributed by atoms with E-state index < -0.39 is 0 Å². The number of nitrogens with zero attached hydrogens (tertiary/aromatic N) is 2. The third-order valence-electron chi connectivity index (χ3n) is 5.33. The molecule has 3 aromatic rings. The van der Waals surface area contributed by atoms with E-state index in [-0.39, 0.29) is 5.78 Å². The van der Waals surface area contributed by atoms with E-state index in [4.69, 9.17) is 0 Å². The number of benzene rings is 2. The molecule has 1 aromatic heterocycles. The smallest absolute Gasteiger partial charge is 0.229 e. The molecular formula is C24H26N4O. The quantitative estimate of drug-likeness (QED) is 0.592. The molecule has 148 valence electrons. The lowest BCUT2D eigenvalue weighted by atomic mass is 9.95. The molecule has 0 unspecified atom stereocenters. The highest BCUT2D eigenvalue weighted by atomic mass is 16.1. The Morgan fingerprint density at radius 2 is 1.76 bits per heavy atom. The van der Waals surface area contributed by atoms with Crippen LogP contribution in [0, 0.1) is 13.8 Å². The summed E-state index contributed by atoms with van der Waals surface area (Å²) in [6, 6.07) is 14.5. The number of carbonyl (C=O) groups excluding carboxylic acids is 1. The maximum absolute atomic E-state index is 12.6. The molecule has 4 rings (SSSR count). The number of carbonyl (C=O) groups is 1. The SMILES string of the molecule is CCc1ccc(Nc2nc3c(c(Nc4ccc(C)cc4C)n2)C(=O)CCC3)cc1. The number of ketones is 1. The summed E-state index contributed by atoms with van der Waals surface area (Å²) >= 11 is 0. The fraction of sp³-hybridized carbons (Fsp3) is 0.292. The van der Waals surface area contributed by atoms with Gasteiger partial charge in [0, 0.05) is 17.8 Å². The van der Waals surface area contributed by atoms with E-state index in [0.29, 0.717) is 23.8 Å². The lowest BCUT2D eigenvalue weighted by molar-refractivity contribution is 0.0972. The molecule has 0 radical (unpaired) electrons. The van der Waals surface area contributed by atoms with Gasteiger partial charge in [-0.3, -0.25) is 4.79 Å². The molecule has 0 spiro atoms. The van der Waals surface area contributed by atoms with Crippen LogP contribution in [0.4, 0.5) is 23.1 Å². The number of hydrogen-bond donors (Lipinski definition) is 2. The molecule has 0 saturated carbocycles. The maximum atomic E-state index is 12.6. The summed E-state index contributed by atoms with van der Waals surface area (Å²) in [5, 5.41) is 6.69. The Morgan fingerprint density at radius 1 is 0.966 bits per heavy atom. The Kier molecular flexibility index (Phi) is 5.30. The highest BCUT2D eigenvalue weighted by molar-refractivity contribution is 6.03. The van der Waals surface area contributed by atoms with Crippen LogP contribution in [0.25, 0.3) is 0 Å². The third kappa shape index (κ3) is 4.14.